The molecule has 0 unspecified atom stereocenters. The van der Waals surface area contributed by atoms with Crippen molar-refractivity contribution in [2.45, 2.75) is 0 Å². The number of carbonyl (C=O) groups is 1. The van der Waals surface area contributed by atoms with Gasteiger partial charge in [0, 0.05) is 23.8 Å². The van der Waals surface area contributed by atoms with Crippen LogP contribution in [-0.4, -0.2) is 15.2 Å². The normalized spacial score (nSPS) is 16.0. The molecule has 0 atom stereocenters. The van der Waals surface area contributed by atoms with Crippen molar-refractivity contribution < 1.29 is 14.1 Å². The molecule has 0 spiro atoms. The number of hydrogen-bond acceptors (Lipinski definition) is 6. The molecule has 0 aliphatic carbocycles. The number of nitro groups is 1. The summed E-state index contributed by atoms with van der Waals surface area (Å²) >= 11 is 12.1. The highest BCUT2D eigenvalue weighted by Gasteiger charge is 2.22. The summed E-state index contributed by atoms with van der Waals surface area (Å²) in [7, 11) is 0. The molecule has 6 nitrogen and oxygen atoms in total. The average Bonchev–Trinajstić information content (AvgIpc) is 3.06. The number of furan rings is 1. The van der Waals surface area contributed by atoms with Gasteiger partial charge in [0.05, 0.1) is 14.9 Å². The van der Waals surface area contributed by atoms with Crippen LogP contribution in [0.15, 0.2) is 39.7 Å². The van der Waals surface area contributed by atoms with Crippen LogP contribution < -0.4 is 5.32 Å². The monoisotopic (exact) mass is 366 g/mol. The fraction of sp³-hybridized carbons (Fsp3) is 0. The van der Waals surface area contributed by atoms with E-state index in [9.17, 15) is 14.9 Å². The molecule has 1 N–H and O–H groups in total. The van der Waals surface area contributed by atoms with Crippen LogP contribution in [-0.2, 0) is 4.79 Å². The van der Waals surface area contributed by atoms with E-state index in [-0.39, 0.29) is 11.6 Å². The number of nitro benzene ring substituents is 1. The third kappa shape index (κ3) is 3.29. The Morgan fingerprint density at radius 3 is 2.78 bits per heavy atom. The molecule has 2 heterocycles. The molecular weight excluding hydrogens is 360 g/mol. The van der Waals surface area contributed by atoms with Crippen LogP contribution in [0.25, 0.3) is 17.4 Å². The third-order valence-electron chi connectivity index (χ3n) is 2.97. The predicted octanol–water partition coefficient (Wildman–Crippen LogP) is 4.00. The van der Waals surface area contributed by atoms with Crippen LogP contribution in [0.3, 0.4) is 0 Å². The molecule has 23 heavy (non-hydrogen) atoms. The first-order valence-corrected chi connectivity index (χ1v) is 7.83. The Kier molecular flexibility index (Phi) is 4.20. The predicted molar refractivity (Wildman–Crippen MR) is 92.1 cm³/mol. The lowest BCUT2D eigenvalue weighted by Crippen LogP contribution is -2.17. The van der Waals surface area contributed by atoms with Crippen molar-refractivity contribution >= 4 is 57.6 Å². The van der Waals surface area contributed by atoms with Crippen LogP contribution >= 0.6 is 35.6 Å². The van der Waals surface area contributed by atoms with Crippen LogP contribution in [0, 0.1) is 10.1 Å². The maximum absolute atomic E-state index is 11.6. The second-order valence-corrected chi connectivity index (χ2v) is 6.60. The summed E-state index contributed by atoms with van der Waals surface area (Å²) in [4.78, 5) is 22.4. The zero-order valence-electron chi connectivity index (χ0n) is 11.2. The van der Waals surface area contributed by atoms with Gasteiger partial charge in [-0.1, -0.05) is 35.6 Å². The van der Waals surface area contributed by atoms with Crippen molar-refractivity contribution in [2.75, 3.05) is 0 Å². The van der Waals surface area contributed by atoms with Crippen molar-refractivity contribution in [2.24, 2.45) is 0 Å². The molecule has 0 saturated carbocycles. The van der Waals surface area contributed by atoms with E-state index >= 15 is 0 Å². The van der Waals surface area contributed by atoms with E-state index in [1.165, 1.54) is 18.2 Å². The second-order valence-electron chi connectivity index (χ2n) is 4.48. The molecular formula is C14H7ClN2O4S2. The van der Waals surface area contributed by atoms with Crippen LogP contribution in [0.5, 0.6) is 0 Å². The Hall–Kier alpha value is -2.16. The quantitative estimate of drug-likeness (QED) is 0.382. The minimum Gasteiger partial charge on any atom is -0.457 e. The number of rotatable bonds is 3. The van der Waals surface area contributed by atoms with Crippen molar-refractivity contribution in [1.82, 2.24) is 5.32 Å². The van der Waals surface area contributed by atoms with Crippen molar-refractivity contribution in [1.29, 1.82) is 0 Å². The van der Waals surface area contributed by atoms with Gasteiger partial charge in [-0.3, -0.25) is 14.9 Å². The highest BCUT2D eigenvalue weighted by molar-refractivity contribution is 8.26. The SMILES string of the molecule is O=C1NC(=S)SC1=Cc1ccc(-c2cc([N+](=O)[O-])ccc2Cl)o1. The van der Waals surface area contributed by atoms with E-state index in [1.807, 2.05) is 0 Å². The maximum atomic E-state index is 11.6. The molecule has 2 aromatic rings. The van der Waals surface area contributed by atoms with Crippen LogP contribution in [0.1, 0.15) is 5.76 Å². The summed E-state index contributed by atoms with van der Waals surface area (Å²) < 4.78 is 5.99. The topological polar surface area (TPSA) is 85.4 Å². The van der Waals surface area contributed by atoms with Gasteiger partial charge in [0.25, 0.3) is 11.6 Å². The van der Waals surface area contributed by atoms with Crippen LogP contribution in [0.2, 0.25) is 5.02 Å². The highest BCUT2D eigenvalue weighted by Crippen LogP contribution is 2.34. The minimum absolute atomic E-state index is 0.0863. The lowest BCUT2D eigenvalue weighted by atomic mass is 10.1. The highest BCUT2D eigenvalue weighted by atomic mass is 35.5. The van der Waals surface area contributed by atoms with Crippen molar-refractivity contribution in [3.8, 4) is 11.3 Å². The molecule has 0 bridgehead atoms. The maximum Gasteiger partial charge on any atom is 0.270 e. The van der Waals surface area contributed by atoms with Gasteiger partial charge in [-0.2, -0.15) is 0 Å². The van der Waals surface area contributed by atoms with Crippen LogP contribution in [0.4, 0.5) is 5.69 Å². The van der Waals surface area contributed by atoms with Crippen molar-refractivity contribution in [3.63, 3.8) is 0 Å². The fourth-order valence-corrected chi connectivity index (χ4v) is 3.18. The van der Waals surface area contributed by atoms with Gasteiger partial charge in [-0.15, -0.1) is 0 Å². The number of nitrogens with zero attached hydrogens (tertiary/aromatic N) is 1. The molecule has 1 amide bonds. The van der Waals surface area contributed by atoms with Gasteiger partial charge < -0.3 is 9.73 Å². The van der Waals surface area contributed by atoms with Gasteiger partial charge in [-0.05, 0) is 18.2 Å². The van der Waals surface area contributed by atoms with E-state index in [1.54, 1.807) is 18.2 Å². The Bertz CT molecular complexity index is 875. The number of amides is 1. The molecule has 0 radical (unpaired) electrons. The molecule has 1 aliphatic heterocycles. The van der Waals surface area contributed by atoms with E-state index in [0.29, 0.717) is 31.3 Å². The summed E-state index contributed by atoms with van der Waals surface area (Å²) in [6.07, 6.45) is 1.55. The number of halogens is 1. The summed E-state index contributed by atoms with van der Waals surface area (Å²) in [6.45, 7) is 0. The van der Waals surface area contributed by atoms with E-state index < -0.39 is 4.92 Å². The molecule has 9 heteroatoms. The largest absolute Gasteiger partial charge is 0.457 e. The van der Waals surface area contributed by atoms with Gasteiger partial charge >= 0.3 is 0 Å². The number of benzene rings is 1. The number of nitrogens with one attached hydrogen (secondary N) is 1. The minimum atomic E-state index is -0.508. The number of hydrogen-bond donors (Lipinski definition) is 1. The fourth-order valence-electron chi connectivity index (χ4n) is 1.94. The molecule has 1 aromatic carbocycles. The van der Waals surface area contributed by atoms with Gasteiger partial charge in [0.15, 0.2) is 0 Å². The summed E-state index contributed by atoms with van der Waals surface area (Å²) in [5.41, 5.74) is 0.321. The zero-order valence-corrected chi connectivity index (χ0v) is 13.6. The summed E-state index contributed by atoms with van der Waals surface area (Å²) in [5, 5.41) is 13.7. The Morgan fingerprint density at radius 2 is 2.13 bits per heavy atom. The number of thiocarbonyl (C=S) groups is 1. The standard InChI is InChI=1S/C14H7ClN2O4S2/c15-10-3-1-7(17(19)20)5-9(10)11-4-2-8(21-11)6-12-13(18)16-14(22)23-12/h1-6H,(H,16,18,22). The first kappa shape index (κ1) is 15.7. The first-order chi connectivity index (χ1) is 10.9. The molecule has 1 aliphatic rings. The van der Waals surface area contributed by atoms with Gasteiger partial charge in [-0.25, -0.2) is 0 Å². The van der Waals surface area contributed by atoms with E-state index in [2.05, 4.69) is 5.32 Å². The number of carbonyl (C=O) groups excluding carboxylic acids is 1. The molecule has 3 rings (SSSR count). The Labute approximate surface area is 144 Å². The first-order valence-electron chi connectivity index (χ1n) is 6.23. The van der Waals surface area contributed by atoms with E-state index in [0.717, 1.165) is 11.8 Å². The zero-order chi connectivity index (χ0) is 16.6. The Morgan fingerprint density at radius 1 is 1.35 bits per heavy atom. The molecule has 1 saturated heterocycles. The number of thioether (sulfide) groups is 1. The number of non-ortho nitro benzene ring substituents is 1. The van der Waals surface area contributed by atoms with Gasteiger partial charge in [0.1, 0.15) is 15.8 Å². The Balaban J connectivity index is 1.95. The van der Waals surface area contributed by atoms with Crippen molar-refractivity contribution in [3.05, 3.63) is 56.1 Å². The second kappa shape index (κ2) is 6.15. The average molecular weight is 367 g/mol. The third-order valence-corrected chi connectivity index (χ3v) is 4.46. The van der Waals surface area contributed by atoms with Gasteiger partial charge in [0.2, 0.25) is 0 Å². The molecule has 1 aromatic heterocycles. The molecule has 1 fully saturated rings. The smallest absolute Gasteiger partial charge is 0.270 e. The lowest BCUT2D eigenvalue weighted by Gasteiger charge is -2.00. The summed E-state index contributed by atoms with van der Waals surface area (Å²) in [6, 6.07) is 7.37. The lowest BCUT2D eigenvalue weighted by molar-refractivity contribution is -0.384. The summed E-state index contributed by atoms with van der Waals surface area (Å²) in [5.74, 6) is 0.507. The molecule has 116 valence electrons. The van der Waals surface area contributed by atoms with E-state index in [4.69, 9.17) is 28.2 Å².